The molecule has 162 valence electrons. The zero-order chi connectivity index (χ0) is 22.1. The van der Waals surface area contributed by atoms with E-state index in [9.17, 15) is 19.8 Å². The Balaban J connectivity index is 0.000000275. The standard InChI is InChI=1S/C20H24O2.C4H6O4/c1-3-20(22)11-9-18-17-6-4-13-12-14(21)5-7-15(13)16(17)8-10-19(18,20)2;1-3(5)7-8-4(2)6/h1,5,7,12,16-18,21-22H,4,6,8-11H2,2H3;1-2H3/t16-,17-,18+,19+,20+;/m1./s1. The van der Waals surface area contributed by atoms with E-state index in [4.69, 9.17) is 6.42 Å². The Kier molecular flexibility index (Phi) is 6.14. The summed E-state index contributed by atoms with van der Waals surface area (Å²) in [5.74, 6) is 3.54. The normalized spacial score (nSPS) is 33.5. The Morgan fingerprint density at radius 1 is 1.13 bits per heavy atom. The first-order valence-corrected chi connectivity index (χ1v) is 10.5. The molecule has 0 unspecified atom stereocenters. The average Bonchev–Trinajstić information content (AvgIpc) is 2.98. The molecule has 0 radical (unpaired) electrons. The van der Waals surface area contributed by atoms with E-state index in [0.717, 1.165) is 52.4 Å². The third-order valence-electron chi connectivity index (χ3n) is 7.38. The molecule has 30 heavy (non-hydrogen) atoms. The molecule has 0 saturated heterocycles. The van der Waals surface area contributed by atoms with Crippen molar-refractivity contribution in [3.8, 4) is 18.1 Å². The van der Waals surface area contributed by atoms with Crippen LogP contribution in [0.1, 0.15) is 69.9 Å². The van der Waals surface area contributed by atoms with Crippen LogP contribution >= 0.6 is 0 Å². The monoisotopic (exact) mass is 414 g/mol. The summed E-state index contributed by atoms with van der Waals surface area (Å²) in [6.07, 6.45) is 11.8. The van der Waals surface area contributed by atoms with Crippen molar-refractivity contribution < 1.29 is 29.6 Å². The molecule has 0 aromatic heterocycles. The summed E-state index contributed by atoms with van der Waals surface area (Å²) in [6.45, 7) is 4.50. The van der Waals surface area contributed by atoms with Gasteiger partial charge in [0, 0.05) is 19.3 Å². The van der Waals surface area contributed by atoms with Gasteiger partial charge in [0.25, 0.3) is 0 Å². The van der Waals surface area contributed by atoms with Gasteiger partial charge in [-0.3, -0.25) is 0 Å². The van der Waals surface area contributed by atoms with Gasteiger partial charge in [-0.2, -0.15) is 0 Å². The van der Waals surface area contributed by atoms with Gasteiger partial charge in [0.05, 0.1) is 0 Å². The maximum atomic E-state index is 10.9. The van der Waals surface area contributed by atoms with Crippen LogP contribution in [0.5, 0.6) is 5.75 Å². The van der Waals surface area contributed by atoms with Crippen LogP contribution in [0.25, 0.3) is 0 Å². The first-order chi connectivity index (χ1) is 14.1. The highest BCUT2D eigenvalue weighted by atomic mass is 17.2. The molecular formula is C24H30O6. The fourth-order valence-electron chi connectivity index (χ4n) is 5.94. The van der Waals surface area contributed by atoms with Crippen molar-refractivity contribution >= 4 is 11.9 Å². The summed E-state index contributed by atoms with van der Waals surface area (Å²) < 4.78 is 0. The summed E-state index contributed by atoms with van der Waals surface area (Å²) in [5.41, 5.74) is 1.69. The van der Waals surface area contributed by atoms with Crippen molar-refractivity contribution in [2.45, 2.75) is 70.8 Å². The third kappa shape index (κ3) is 3.91. The highest BCUT2D eigenvalue weighted by Gasteiger charge is 2.61. The maximum absolute atomic E-state index is 10.9. The van der Waals surface area contributed by atoms with Crippen LogP contribution in [-0.4, -0.2) is 27.8 Å². The van der Waals surface area contributed by atoms with Crippen molar-refractivity contribution in [2.24, 2.45) is 17.3 Å². The molecule has 0 bridgehead atoms. The molecular weight excluding hydrogens is 384 g/mol. The summed E-state index contributed by atoms with van der Waals surface area (Å²) >= 11 is 0. The fraction of sp³-hybridized carbons (Fsp3) is 0.583. The summed E-state index contributed by atoms with van der Waals surface area (Å²) in [4.78, 5) is 27.3. The average molecular weight is 414 g/mol. The minimum Gasteiger partial charge on any atom is -0.508 e. The van der Waals surface area contributed by atoms with Crippen LogP contribution in [-0.2, 0) is 25.8 Å². The molecule has 6 heteroatoms. The van der Waals surface area contributed by atoms with E-state index in [1.165, 1.54) is 11.1 Å². The molecule has 3 aliphatic carbocycles. The maximum Gasteiger partial charge on any atom is 0.352 e. The van der Waals surface area contributed by atoms with E-state index in [1.807, 2.05) is 12.1 Å². The number of fused-ring (bicyclic) bond motifs is 5. The second kappa shape index (κ2) is 8.31. The molecule has 5 atom stereocenters. The van der Waals surface area contributed by atoms with Gasteiger partial charge in [-0.1, -0.05) is 18.9 Å². The lowest BCUT2D eigenvalue weighted by atomic mass is 9.53. The van der Waals surface area contributed by atoms with E-state index in [1.54, 1.807) is 0 Å². The number of phenols is 1. The quantitative estimate of drug-likeness (QED) is 0.382. The predicted octanol–water partition coefficient (Wildman–Crippen LogP) is 3.64. The van der Waals surface area contributed by atoms with E-state index in [0.29, 0.717) is 23.5 Å². The van der Waals surface area contributed by atoms with Crippen molar-refractivity contribution in [3.05, 3.63) is 29.3 Å². The van der Waals surface area contributed by atoms with Crippen LogP contribution in [0.4, 0.5) is 0 Å². The minimum absolute atomic E-state index is 0.128. The van der Waals surface area contributed by atoms with Crippen LogP contribution in [0, 0.1) is 29.6 Å². The molecule has 1 aromatic rings. The Morgan fingerprint density at radius 3 is 2.40 bits per heavy atom. The van der Waals surface area contributed by atoms with Crippen LogP contribution in [0.15, 0.2) is 18.2 Å². The Morgan fingerprint density at radius 2 is 1.80 bits per heavy atom. The number of aryl methyl sites for hydroxylation is 1. The Hall–Kier alpha value is -2.52. The predicted molar refractivity (Wildman–Crippen MR) is 110 cm³/mol. The second-order valence-electron chi connectivity index (χ2n) is 8.95. The first-order valence-electron chi connectivity index (χ1n) is 10.5. The Labute approximate surface area is 177 Å². The van der Waals surface area contributed by atoms with Gasteiger partial charge in [-0.25, -0.2) is 19.4 Å². The van der Waals surface area contributed by atoms with Gasteiger partial charge in [0.1, 0.15) is 11.4 Å². The molecule has 0 heterocycles. The highest BCUT2D eigenvalue weighted by molar-refractivity contribution is 5.69. The van der Waals surface area contributed by atoms with Gasteiger partial charge in [0.15, 0.2) is 0 Å². The lowest BCUT2D eigenvalue weighted by Crippen LogP contribution is -2.50. The fourth-order valence-corrected chi connectivity index (χ4v) is 5.94. The van der Waals surface area contributed by atoms with Gasteiger partial charge in [0.2, 0.25) is 0 Å². The number of hydrogen-bond acceptors (Lipinski definition) is 6. The van der Waals surface area contributed by atoms with Gasteiger partial charge >= 0.3 is 11.9 Å². The zero-order valence-electron chi connectivity index (χ0n) is 17.8. The Bertz CT molecular complexity index is 857. The van der Waals surface area contributed by atoms with Crippen molar-refractivity contribution in [1.29, 1.82) is 0 Å². The topological polar surface area (TPSA) is 93.1 Å². The van der Waals surface area contributed by atoms with E-state index in [-0.39, 0.29) is 5.41 Å². The molecule has 0 aliphatic heterocycles. The first kappa shape index (κ1) is 22.2. The molecule has 0 spiro atoms. The summed E-state index contributed by atoms with van der Waals surface area (Å²) in [6, 6.07) is 5.87. The number of benzene rings is 1. The molecule has 6 nitrogen and oxygen atoms in total. The number of aromatic hydroxyl groups is 1. The molecule has 1 aromatic carbocycles. The highest BCUT2D eigenvalue weighted by Crippen LogP contribution is 2.64. The van der Waals surface area contributed by atoms with Gasteiger partial charge in [-0.15, -0.1) is 6.42 Å². The summed E-state index contributed by atoms with van der Waals surface area (Å²) in [7, 11) is 0. The molecule has 2 saturated carbocycles. The molecule has 0 amide bonds. The summed E-state index contributed by atoms with van der Waals surface area (Å²) in [5, 5.41) is 20.6. The number of carbonyl (C=O) groups is 2. The van der Waals surface area contributed by atoms with Crippen molar-refractivity contribution in [3.63, 3.8) is 0 Å². The van der Waals surface area contributed by atoms with Crippen molar-refractivity contribution in [1.82, 2.24) is 0 Å². The number of carbonyl (C=O) groups excluding carboxylic acids is 2. The number of terminal acetylenes is 1. The number of aliphatic hydroxyl groups is 1. The molecule has 2 N–H and O–H groups in total. The van der Waals surface area contributed by atoms with Crippen LogP contribution < -0.4 is 0 Å². The van der Waals surface area contributed by atoms with Crippen molar-refractivity contribution in [2.75, 3.05) is 0 Å². The van der Waals surface area contributed by atoms with Crippen LogP contribution in [0.2, 0.25) is 0 Å². The van der Waals surface area contributed by atoms with Crippen LogP contribution in [0.3, 0.4) is 0 Å². The minimum atomic E-state index is -0.919. The third-order valence-corrected chi connectivity index (χ3v) is 7.38. The van der Waals surface area contributed by atoms with E-state index < -0.39 is 17.5 Å². The number of rotatable bonds is 0. The lowest BCUT2D eigenvalue weighted by molar-refractivity contribution is -0.255. The zero-order valence-corrected chi connectivity index (χ0v) is 17.8. The SMILES string of the molecule is C#C[C@]1(O)CC[C@H]2[C@@H]3CCc4cc(O)ccc4[C@H]3CC[C@@]21C.CC(=O)OOC(C)=O. The largest absolute Gasteiger partial charge is 0.508 e. The second-order valence-corrected chi connectivity index (χ2v) is 8.95. The molecule has 2 fully saturated rings. The lowest BCUT2D eigenvalue weighted by Gasteiger charge is -2.52. The van der Waals surface area contributed by atoms with E-state index >= 15 is 0 Å². The molecule has 4 rings (SSSR count). The van der Waals surface area contributed by atoms with Gasteiger partial charge < -0.3 is 10.2 Å². The smallest absolute Gasteiger partial charge is 0.352 e. The number of hydrogen-bond donors (Lipinski definition) is 2. The van der Waals surface area contributed by atoms with Gasteiger partial charge in [-0.05, 0) is 79.5 Å². The van der Waals surface area contributed by atoms with E-state index in [2.05, 4.69) is 28.7 Å². The molecule has 3 aliphatic rings. The number of phenolic OH excluding ortho intramolecular Hbond substituents is 1.